The number of methoxy groups -OCH3 is 1. The van der Waals surface area contributed by atoms with Crippen molar-refractivity contribution in [3.63, 3.8) is 0 Å². The molecule has 0 radical (unpaired) electrons. The first kappa shape index (κ1) is 9.02. The summed E-state index contributed by atoms with van der Waals surface area (Å²) in [5.41, 5.74) is 6.45. The molecule has 0 aliphatic carbocycles. The van der Waals surface area contributed by atoms with Gasteiger partial charge >= 0.3 is 0 Å². The Kier molecular flexibility index (Phi) is 2.13. The van der Waals surface area contributed by atoms with Crippen LogP contribution in [0, 0.1) is 0 Å². The van der Waals surface area contributed by atoms with Crippen molar-refractivity contribution in [2.45, 2.75) is 0 Å². The molecule has 0 amide bonds. The van der Waals surface area contributed by atoms with E-state index in [0.717, 1.165) is 16.4 Å². The van der Waals surface area contributed by atoms with Crippen molar-refractivity contribution < 1.29 is 9.53 Å². The zero-order valence-electron chi connectivity index (χ0n) is 7.61. The van der Waals surface area contributed by atoms with Gasteiger partial charge in [-0.15, -0.1) is 11.3 Å². The molecule has 4 heteroatoms. The zero-order chi connectivity index (χ0) is 10.1. The minimum atomic E-state index is 0.582. The highest BCUT2D eigenvalue weighted by atomic mass is 32.1. The van der Waals surface area contributed by atoms with Crippen molar-refractivity contribution in [2.24, 2.45) is 0 Å². The molecule has 2 aromatic rings. The highest BCUT2D eigenvalue weighted by Gasteiger charge is 2.13. The molecular weight excluding hydrogens is 198 g/mol. The van der Waals surface area contributed by atoms with E-state index < -0.39 is 0 Å². The fraction of sp³-hybridized carbons (Fsp3) is 0.100. The highest BCUT2D eigenvalue weighted by molar-refractivity contribution is 7.21. The summed E-state index contributed by atoms with van der Waals surface area (Å²) < 4.78 is 6.15. The van der Waals surface area contributed by atoms with E-state index in [1.165, 1.54) is 11.3 Å². The van der Waals surface area contributed by atoms with Gasteiger partial charge in [-0.1, -0.05) is 6.07 Å². The average Bonchev–Trinajstić information content (AvgIpc) is 2.56. The molecule has 0 aliphatic heterocycles. The number of anilines is 1. The van der Waals surface area contributed by atoms with E-state index >= 15 is 0 Å². The number of carbonyl (C=O) groups is 1. The highest BCUT2D eigenvalue weighted by Crippen LogP contribution is 2.39. The summed E-state index contributed by atoms with van der Waals surface area (Å²) in [6, 6.07) is 5.58. The minimum Gasteiger partial charge on any atom is -0.494 e. The Bertz CT molecular complexity index is 490. The zero-order valence-corrected chi connectivity index (χ0v) is 8.43. The smallest absolute Gasteiger partial charge is 0.163 e. The number of nitrogen functional groups attached to an aromatic ring is 1. The van der Waals surface area contributed by atoms with Gasteiger partial charge in [0.1, 0.15) is 10.6 Å². The van der Waals surface area contributed by atoms with Crippen molar-refractivity contribution in [1.29, 1.82) is 0 Å². The molecule has 0 unspecified atom stereocenters. The maximum Gasteiger partial charge on any atom is 0.163 e. The van der Waals surface area contributed by atoms with Crippen LogP contribution in [0.15, 0.2) is 18.2 Å². The number of aldehydes is 1. The predicted molar refractivity (Wildman–Crippen MR) is 58.2 cm³/mol. The lowest BCUT2D eigenvalue weighted by molar-refractivity contribution is 0.112. The number of fused-ring (bicyclic) bond motifs is 1. The van der Waals surface area contributed by atoms with E-state index in [0.29, 0.717) is 16.3 Å². The Morgan fingerprint density at radius 2 is 2.29 bits per heavy atom. The van der Waals surface area contributed by atoms with Crippen molar-refractivity contribution in [3.05, 3.63) is 23.1 Å². The molecule has 72 valence electrons. The third kappa shape index (κ3) is 1.15. The molecule has 3 nitrogen and oxygen atoms in total. The van der Waals surface area contributed by atoms with Crippen molar-refractivity contribution in [1.82, 2.24) is 0 Å². The summed E-state index contributed by atoms with van der Waals surface area (Å²) in [6.45, 7) is 0. The molecule has 0 spiro atoms. The fourth-order valence-corrected chi connectivity index (χ4v) is 2.47. The van der Waals surface area contributed by atoms with Crippen LogP contribution in [-0.4, -0.2) is 13.4 Å². The topological polar surface area (TPSA) is 52.3 Å². The van der Waals surface area contributed by atoms with Gasteiger partial charge in [0, 0.05) is 10.4 Å². The molecule has 1 aromatic heterocycles. The van der Waals surface area contributed by atoms with Crippen LogP contribution in [0.25, 0.3) is 10.1 Å². The third-order valence-electron chi connectivity index (χ3n) is 2.04. The molecule has 1 aromatic carbocycles. The molecule has 2 rings (SSSR count). The second-order valence-electron chi connectivity index (χ2n) is 2.84. The standard InChI is InChI=1S/C10H9NO2S/c1-13-10-8(5-12)14-7-4-2-3-6(11)9(7)10/h2-5H,11H2,1H3. The summed E-state index contributed by atoms with van der Waals surface area (Å²) in [5, 5.41) is 0.835. The molecule has 0 atom stereocenters. The van der Waals surface area contributed by atoms with E-state index in [4.69, 9.17) is 10.5 Å². The summed E-state index contributed by atoms with van der Waals surface area (Å²) in [5.74, 6) is 0.582. The number of hydrogen-bond acceptors (Lipinski definition) is 4. The van der Waals surface area contributed by atoms with Gasteiger partial charge < -0.3 is 10.5 Å². The Morgan fingerprint density at radius 3 is 2.93 bits per heavy atom. The van der Waals surface area contributed by atoms with Crippen molar-refractivity contribution >= 4 is 33.4 Å². The maximum absolute atomic E-state index is 10.8. The van der Waals surface area contributed by atoms with Crippen molar-refractivity contribution in [3.8, 4) is 5.75 Å². The lowest BCUT2D eigenvalue weighted by Gasteiger charge is -2.00. The van der Waals surface area contributed by atoms with Gasteiger partial charge in [-0.05, 0) is 12.1 Å². The van der Waals surface area contributed by atoms with Gasteiger partial charge in [-0.25, -0.2) is 0 Å². The monoisotopic (exact) mass is 207 g/mol. The van der Waals surface area contributed by atoms with E-state index in [9.17, 15) is 4.79 Å². The Morgan fingerprint density at radius 1 is 1.50 bits per heavy atom. The van der Waals surface area contributed by atoms with Gasteiger partial charge in [0.15, 0.2) is 6.29 Å². The summed E-state index contributed by atoms with van der Waals surface area (Å²) in [6.07, 6.45) is 0.795. The SMILES string of the molecule is COc1c(C=O)sc2cccc(N)c12. The lowest BCUT2D eigenvalue weighted by Crippen LogP contribution is -1.89. The van der Waals surface area contributed by atoms with Gasteiger partial charge in [0.05, 0.1) is 12.5 Å². The number of ether oxygens (including phenoxy) is 1. The molecule has 0 saturated heterocycles. The third-order valence-corrected chi connectivity index (χ3v) is 3.10. The fourth-order valence-electron chi connectivity index (χ4n) is 1.44. The van der Waals surface area contributed by atoms with E-state index in [2.05, 4.69) is 0 Å². The minimum absolute atomic E-state index is 0.582. The summed E-state index contributed by atoms with van der Waals surface area (Å²) >= 11 is 1.39. The molecule has 2 N–H and O–H groups in total. The van der Waals surface area contributed by atoms with Crippen LogP contribution in [-0.2, 0) is 0 Å². The number of rotatable bonds is 2. The molecule has 14 heavy (non-hydrogen) atoms. The van der Waals surface area contributed by atoms with Crippen LogP contribution >= 0.6 is 11.3 Å². The molecule has 1 heterocycles. The van der Waals surface area contributed by atoms with E-state index in [1.807, 2.05) is 12.1 Å². The number of hydrogen-bond donors (Lipinski definition) is 1. The van der Waals surface area contributed by atoms with E-state index in [-0.39, 0.29) is 0 Å². The Hall–Kier alpha value is -1.55. The maximum atomic E-state index is 10.8. The van der Waals surface area contributed by atoms with Gasteiger partial charge in [0.2, 0.25) is 0 Å². The molecule has 0 aliphatic rings. The molecular formula is C10H9NO2S. The van der Waals surface area contributed by atoms with E-state index in [1.54, 1.807) is 13.2 Å². The van der Waals surface area contributed by atoms with Crippen LogP contribution in [0.5, 0.6) is 5.75 Å². The summed E-state index contributed by atoms with van der Waals surface area (Å²) in [4.78, 5) is 11.3. The predicted octanol–water partition coefficient (Wildman–Crippen LogP) is 2.30. The van der Waals surface area contributed by atoms with Crippen molar-refractivity contribution in [2.75, 3.05) is 12.8 Å². The van der Waals surface area contributed by atoms with Crippen LogP contribution in [0.2, 0.25) is 0 Å². The quantitative estimate of drug-likeness (QED) is 0.607. The first-order valence-electron chi connectivity index (χ1n) is 4.08. The molecule has 0 fully saturated rings. The largest absolute Gasteiger partial charge is 0.494 e. The van der Waals surface area contributed by atoms with Gasteiger partial charge in [0.25, 0.3) is 0 Å². The van der Waals surface area contributed by atoms with Crippen LogP contribution in [0.3, 0.4) is 0 Å². The number of carbonyl (C=O) groups excluding carboxylic acids is 1. The first-order valence-corrected chi connectivity index (χ1v) is 4.89. The Labute approximate surface area is 85.1 Å². The molecule has 0 saturated carbocycles. The Balaban J connectivity index is 2.88. The summed E-state index contributed by atoms with van der Waals surface area (Å²) in [7, 11) is 1.54. The average molecular weight is 207 g/mol. The van der Waals surface area contributed by atoms with Crippen LogP contribution in [0.1, 0.15) is 9.67 Å². The number of thiophene rings is 1. The lowest BCUT2D eigenvalue weighted by atomic mass is 10.2. The number of nitrogens with two attached hydrogens (primary N) is 1. The normalized spacial score (nSPS) is 10.4. The first-order chi connectivity index (χ1) is 6.77. The van der Waals surface area contributed by atoms with Gasteiger partial charge in [-0.3, -0.25) is 4.79 Å². The van der Waals surface area contributed by atoms with Gasteiger partial charge in [-0.2, -0.15) is 0 Å². The number of benzene rings is 1. The molecule has 0 bridgehead atoms. The second kappa shape index (κ2) is 3.31. The van der Waals surface area contributed by atoms with Crippen LogP contribution in [0.4, 0.5) is 5.69 Å². The van der Waals surface area contributed by atoms with Crippen LogP contribution < -0.4 is 10.5 Å². The second-order valence-corrected chi connectivity index (χ2v) is 3.92.